The fourth-order valence-electron chi connectivity index (χ4n) is 6.84. The Bertz CT molecular complexity index is 842. The molecule has 2 aliphatic heterocycles. The lowest BCUT2D eigenvalue weighted by Gasteiger charge is -2.49. The van der Waals surface area contributed by atoms with Gasteiger partial charge in [0.05, 0.1) is 24.2 Å². The number of hydrogen-bond acceptors (Lipinski definition) is 5. The second-order valence-corrected chi connectivity index (χ2v) is 12.6. The van der Waals surface area contributed by atoms with Gasteiger partial charge in [-0.05, 0) is 69.4 Å². The normalized spacial score (nSPS) is 34.0. The maximum absolute atomic E-state index is 12.5. The number of thiophene rings is 1. The molecule has 0 bridgehead atoms. The van der Waals surface area contributed by atoms with E-state index in [9.17, 15) is 9.90 Å². The molecule has 3 fully saturated rings. The molecule has 2 N–H and O–H groups in total. The van der Waals surface area contributed by atoms with Crippen LogP contribution in [-0.2, 0) is 28.0 Å². The predicted octanol–water partition coefficient (Wildman–Crippen LogP) is 4.54. The van der Waals surface area contributed by atoms with Crippen LogP contribution in [0.1, 0.15) is 93.4 Å². The molecular weight excluding hydrogens is 432 g/mol. The van der Waals surface area contributed by atoms with E-state index in [1.165, 1.54) is 16.9 Å². The highest BCUT2D eigenvalue weighted by molar-refractivity contribution is 7.12. The lowest BCUT2D eigenvalue weighted by atomic mass is 9.76. The summed E-state index contributed by atoms with van der Waals surface area (Å²) in [6.45, 7) is 7.71. The fraction of sp³-hybridized carbons (Fsp3) is 0.815. The van der Waals surface area contributed by atoms with Crippen molar-refractivity contribution in [2.24, 2.45) is 5.92 Å². The van der Waals surface area contributed by atoms with Gasteiger partial charge in [0.1, 0.15) is 0 Å². The van der Waals surface area contributed by atoms with Crippen LogP contribution < -0.4 is 5.32 Å². The van der Waals surface area contributed by atoms with E-state index in [1.54, 1.807) is 4.88 Å². The van der Waals surface area contributed by atoms with Crippen LogP contribution in [0.25, 0.3) is 0 Å². The van der Waals surface area contributed by atoms with Crippen molar-refractivity contribution in [2.75, 3.05) is 19.7 Å². The summed E-state index contributed by atoms with van der Waals surface area (Å²) in [5.41, 5.74) is 0.669. The van der Waals surface area contributed by atoms with Crippen molar-refractivity contribution in [1.29, 1.82) is 0 Å². The number of rotatable bonds is 6. The van der Waals surface area contributed by atoms with E-state index >= 15 is 0 Å². The Kier molecular flexibility index (Phi) is 6.91. The molecule has 2 aliphatic carbocycles. The average Bonchev–Trinajstić information content (AvgIpc) is 3.19. The molecule has 4 aliphatic rings. The van der Waals surface area contributed by atoms with E-state index < -0.39 is 5.60 Å². The molecule has 5 rings (SSSR count). The molecule has 1 amide bonds. The van der Waals surface area contributed by atoms with Gasteiger partial charge in [-0.25, -0.2) is 0 Å². The number of carbonyl (C=O) groups excluding carboxylic acids is 1. The number of ether oxygens (including phenoxy) is 1. The largest absolute Gasteiger partial charge is 0.389 e. The van der Waals surface area contributed by atoms with Crippen LogP contribution in [0.3, 0.4) is 0 Å². The number of nitrogens with zero attached hydrogens (tertiary/aromatic N) is 1. The maximum Gasteiger partial charge on any atom is 0.223 e. The molecule has 6 heteroatoms. The SMILES string of the molecule is CCc1cc2c(s1)CCO[C@@]21CCN(C[C@H]2C[C@@H](NC(=O)CC3(O)CCCCC3)C2)[C@@H](C)C1. The average molecular weight is 475 g/mol. The number of hydrogen-bond donors (Lipinski definition) is 2. The van der Waals surface area contributed by atoms with Gasteiger partial charge in [-0.1, -0.05) is 26.2 Å². The lowest BCUT2D eigenvalue weighted by Crippen LogP contribution is -2.54. The van der Waals surface area contributed by atoms with Gasteiger partial charge in [-0.3, -0.25) is 4.79 Å². The Balaban J connectivity index is 1.09. The first kappa shape index (κ1) is 23.8. The molecule has 2 atom stereocenters. The van der Waals surface area contributed by atoms with Crippen molar-refractivity contribution >= 4 is 17.2 Å². The summed E-state index contributed by atoms with van der Waals surface area (Å²) in [4.78, 5) is 18.2. The zero-order chi connectivity index (χ0) is 23.1. The summed E-state index contributed by atoms with van der Waals surface area (Å²) < 4.78 is 6.50. The van der Waals surface area contributed by atoms with Crippen LogP contribution in [0.5, 0.6) is 0 Å². The molecule has 5 nitrogen and oxygen atoms in total. The smallest absolute Gasteiger partial charge is 0.223 e. The van der Waals surface area contributed by atoms with Gasteiger partial charge in [-0.15, -0.1) is 11.3 Å². The summed E-state index contributed by atoms with van der Waals surface area (Å²) in [6.07, 6.45) is 11.6. The fourth-order valence-corrected chi connectivity index (χ4v) is 8.02. The van der Waals surface area contributed by atoms with Crippen molar-refractivity contribution in [2.45, 2.75) is 114 Å². The number of fused-ring (bicyclic) bond motifs is 2. The highest BCUT2D eigenvalue weighted by Crippen LogP contribution is 2.46. The van der Waals surface area contributed by atoms with E-state index in [-0.39, 0.29) is 17.9 Å². The number of likely N-dealkylation sites (tertiary alicyclic amines) is 1. The van der Waals surface area contributed by atoms with Crippen LogP contribution in [-0.4, -0.2) is 53.3 Å². The number of carbonyl (C=O) groups is 1. The third-order valence-corrected chi connectivity index (χ3v) is 10.2. The minimum Gasteiger partial charge on any atom is -0.389 e. The minimum absolute atomic E-state index is 0.0450. The molecule has 1 aromatic rings. The quantitative estimate of drug-likeness (QED) is 0.635. The second-order valence-electron chi connectivity index (χ2n) is 11.4. The Hall–Kier alpha value is -0.950. The van der Waals surface area contributed by atoms with Crippen molar-refractivity contribution < 1.29 is 14.6 Å². The third-order valence-electron chi connectivity index (χ3n) is 8.83. The highest BCUT2D eigenvalue weighted by atomic mass is 32.1. The van der Waals surface area contributed by atoms with Gasteiger partial charge in [0.2, 0.25) is 5.91 Å². The predicted molar refractivity (Wildman–Crippen MR) is 133 cm³/mol. The molecule has 1 aromatic heterocycles. The summed E-state index contributed by atoms with van der Waals surface area (Å²) in [7, 11) is 0. The first-order valence-electron chi connectivity index (χ1n) is 13.4. The van der Waals surface area contributed by atoms with E-state index in [0.29, 0.717) is 18.0 Å². The van der Waals surface area contributed by atoms with E-state index in [0.717, 1.165) is 83.9 Å². The number of piperidine rings is 1. The van der Waals surface area contributed by atoms with Gasteiger partial charge in [0, 0.05) is 41.3 Å². The summed E-state index contributed by atoms with van der Waals surface area (Å²) in [5, 5.41) is 13.8. The molecule has 0 aromatic carbocycles. The first-order valence-corrected chi connectivity index (χ1v) is 14.2. The van der Waals surface area contributed by atoms with Crippen molar-refractivity contribution in [1.82, 2.24) is 10.2 Å². The van der Waals surface area contributed by atoms with E-state index in [4.69, 9.17) is 4.74 Å². The van der Waals surface area contributed by atoms with Crippen LogP contribution in [0, 0.1) is 5.92 Å². The highest BCUT2D eigenvalue weighted by Gasteiger charge is 2.45. The molecule has 1 saturated heterocycles. The maximum atomic E-state index is 12.5. The first-order chi connectivity index (χ1) is 15.9. The second kappa shape index (κ2) is 9.60. The molecule has 3 heterocycles. The zero-order valence-electron chi connectivity index (χ0n) is 20.5. The number of amides is 1. The van der Waals surface area contributed by atoms with Gasteiger partial charge in [0.25, 0.3) is 0 Å². The van der Waals surface area contributed by atoms with Crippen molar-refractivity contribution in [3.05, 3.63) is 21.4 Å². The Morgan fingerprint density at radius 2 is 2.06 bits per heavy atom. The topological polar surface area (TPSA) is 61.8 Å². The standard InChI is InChI=1S/C27H42N2O3S/c1-3-22-15-23-24(33-22)7-12-32-27(23)10-11-29(19(2)16-27)18-20-13-21(14-20)28-25(30)17-26(31)8-5-4-6-9-26/h15,19-21,31H,3-14,16-18H2,1-2H3,(H,28,30)/t19-,20-,21+,27+/m0/s1. The molecule has 0 unspecified atom stereocenters. The van der Waals surface area contributed by atoms with Crippen LogP contribution in [0.2, 0.25) is 0 Å². The van der Waals surface area contributed by atoms with Crippen molar-refractivity contribution in [3.63, 3.8) is 0 Å². The van der Waals surface area contributed by atoms with Gasteiger partial charge < -0.3 is 20.1 Å². The molecular formula is C27H42N2O3S. The van der Waals surface area contributed by atoms with E-state index in [2.05, 4.69) is 30.1 Å². The van der Waals surface area contributed by atoms with Crippen LogP contribution in [0.15, 0.2) is 6.07 Å². The molecule has 0 radical (unpaired) electrons. The summed E-state index contributed by atoms with van der Waals surface area (Å²) >= 11 is 2.00. The number of aryl methyl sites for hydroxylation is 1. The molecule has 184 valence electrons. The van der Waals surface area contributed by atoms with Crippen molar-refractivity contribution in [3.8, 4) is 0 Å². The number of aliphatic hydroxyl groups is 1. The number of nitrogens with one attached hydrogen (secondary N) is 1. The Morgan fingerprint density at radius 1 is 1.27 bits per heavy atom. The zero-order valence-corrected chi connectivity index (χ0v) is 21.4. The minimum atomic E-state index is -0.758. The molecule has 1 spiro atoms. The molecule has 2 saturated carbocycles. The van der Waals surface area contributed by atoms with E-state index in [1.807, 2.05) is 11.3 Å². The summed E-state index contributed by atoms with van der Waals surface area (Å²) in [5.74, 6) is 0.712. The third kappa shape index (κ3) is 5.05. The van der Waals surface area contributed by atoms with Gasteiger partial charge in [0.15, 0.2) is 0 Å². The Morgan fingerprint density at radius 3 is 2.79 bits per heavy atom. The van der Waals surface area contributed by atoms with Gasteiger partial charge >= 0.3 is 0 Å². The summed E-state index contributed by atoms with van der Waals surface area (Å²) in [6, 6.07) is 3.25. The van der Waals surface area contributed by atoms with Crippen LogP contribution >= 0.6 is 11.3 Å². The van der Waals surface area contributed by atoms with Gasteiger partial charge in [-0.2, -0.15) is 0 Å². The lowest BCUT2D eigenvalue weighted by molar-refractivity contribution is -0.129. The monoisotopic (exact) mass is 474 g/mol. The molecule has 33 heavy (non-hydrogen) atoms. The van der Waals surface area contributed by atoms with Crippen LogP contribution in [0.4, 0.5) is 0 Å². The Labute approximate surface area is 203 Å².